The molecule has 1 unspecified atom stereocenters. The number of carbonyl (C=O) groups excluding carboxylic acids is 1. The number of aryl methyl sites for hydroxylation is 2. The number of carbonyl (C=O) groups is 1. The van der Waals surface area contributed by atoms with Gasteiger partial charge in [0.15, 0.2) is 0 Å². The maximum absolute atomic E-state index is 13.9. The molecule has 5 aromatic rings. The van der Waals surface area contributed by atoms with E-state index in [0.717, 1.165) is 16.7 Å². The van der Waals surface area contributed by atoms with Crippen LogP contribution >= 0.6 is 0 Å². The van der Waals surface area contributed by atoms with Crippen LogP contribution in [0.3, 0.4) is 0 Å². The first-order chi connectivity index (χ1) is 18.8. The molecular weight excluding hydrogens is 491 g/mol. The standard InChI is InChI=1S/C32H29FN4O2/c1-21-16-17-27(18-22(21)2)37-30(35-29-15-8-7-14-28(29)31(37)38)23(3)36(20-24-10-5-4-6-11-24)32(39)34-26-13-9-12-25(33)19-26/h4-19,23H,20H2,1-3H3,(H,34,39). The van der Waals surface area contributed by atoms with Crippen molar-refractivity contribution in [1.82, 2.24) is 14.5 Å². The largest absolute Gasteiger partial charge is 0.322 e. The molecule has 1 aromatic heterocycles. The molecule has 4 aromatic carbocycles. The third kappa shape index (κ3) is 5.43. The molecule has 0 radical (unpaired) electrons. The lowest BCUT2D eigenvalue weighted by Gasteiger charge is -2.31. The Hall–Kier alpha value is -4.78. The number of amides is 2. The van der Waals surface area contributed by atoms with Gasteiger partial charge in [-0.1, -0.05) is 54.6 Å². The van der Waals surface area contributed by atoms with E-state index >= 15 is 0 Å². The number of urea groups is 1. The van der Waals surface area contributed by atoms with Gasteiger partial charge in [0.05, 0.1) is 22.6 Å². The first kappa shape index (κ1) is 25.9. The molecule has 39 heavy (non-hydrogen) atoms. The molecule has 5 rings (SSSR count). The van der Waals surface area contributed by atoms with Crippen LogP contribution in [0.4, 0.5) is 14.9 Å². The maximum Gasteiger partial charge on any atom is 0.322 e. The average molecular weight is 521 g/mol. The highest BCUT2D eigenvalue weighted by molar-refractivity contribution is 5.89. The van der Waals surface area contributed by atoms with Crippen LogP contribution in [0.25, 0.3) is 16.6 Å². The summed E-state index contributed by atoms with van der Waals surface area (Å²) in [6, 6.07) is 27.3. The molecule has 0 aliphatic heterocycles. The van der Waals surface area contributed by atoms with E-state index in [-0.39, 0.29) is 12.1 Å². The van der Waals surface area contributed by atoms with Crippen molar-refractivity contribution < 1.29 is 9.18 Å². The maximum atomic E-state index is 13.9. The van der Waals surface area contributed by atoms with E-state index in [0.29, 0.717) is 28.1 Å². The topological polar surface area (TPSA) is 67.2 Å². The van der Waals surface area contributed by atoms with E-state index in [1.54, 1.807) is 27.7 Å². The molecule has 0 saturated carbocycles. The minimum Gasteiger partial charge on any atom is -0.310 e. The number of hydrogen-bond donors (Lipinski definition) is 1. The summed E-state index contributed by atoms with van der Waals surface area (Å²) in [4.78, 5) is 34.1. The number of nitrogens with zero attached hydrogens (tertiary/aromatic N) is 3. The lowest BCUT2D eigenvalue weighted by Crippen LogP contribution is -2.39. The minimum absolute atomic E-state index is 0.212. The fraction of sp³-hybridized carbons (Fsp3) is 0.156. The number of nitrogens with one attached hydrogen (secondary N) is 1. The van der Waals surface area contributed by atoms with Crippen LogP contribution in [0.2, 0.25) is 0 Å². The zero-order chi connectivity index (χ0) is 27.5. The van der Waals surface area contributed by atoms with Crippen LogP contribution in [0.5, 0.6) is 0 Å². The fourth-order valence-corrected chi connectivity index (χ4v) is 4.61. The van der Waals surface area contributed by atoms with Crippen LogP contribution in [-0.4, -0.2) is 20.5 Å². The van der Waals surface area contributed by atoms with Gasteiger partial charge in [0, 0.05) is 12.2 Å². The van der Waals surface area contributed by atoms with Crippen molar-refractivity contribution >= 4 is 22.6 Å². The van der Waals surface area contributed by atoms with Gasteiger partial charge < -0.3 is 10.2 Å². The lowest BCUT2D eigenvalue weighted by molar-refractivity contribution is 0.185. The molecule has 0 aliphatic rings. The first-order valence-corrected chi connectivity index (χ1v) is 12.8. The fourth-order valence-electron chi connectivity index (χ4n) is 4.61. The van der Waals surface area contributed by atoms with E-state index in [1.807, 2.05) is 81.4 Å². The van der Waals surface area contributed by atoms with Gasteiger partial charge in [-0.15, -0.1) is 0 Å². The number of para-hydroxylation sites is 1. The van der Waals surface area contributed by atoms with Crippen molar-refractivity contribution in [2.45, 2.75) is 33.4 Å². The summed E-state index contributed by atoms with van der Waals surface area (Å²) in [6.45, 7) is 6.11. The molecule has 0 aliphatic carbocycles. The van der Waals surface area contributed by atoms with Crippen molar-refractivity contribution in [3.63, 3.8) is 0 Å². The summed E-state index contributed by atoms with van der Waals surface area (Å²) < 4.78 is 15.5. The van der Waals surface area contributed by atoms with Crippen molar-refractivity contribution in [3.05, 3.63) is 136 Å². The zero-order valence-electron chi connectivity index (χ0n) is 22.1. The molecule has 1 N–H and O–H groups in total. The van der Waals surface area contributed by atoms with E-state index in [9.17, 15) is 14.0 Å². The monoisotopic (exact) mass is 520 g/mol. The van der Waals surface area contributed by atoms with Crippen molar-refractivity contribution in [2.24, 2.45) is 0 Å². The predicted octanol–water partition coefficient (Wildman–Crippen LogP) is 6.94. The summed E-state index contributed by atoms with van der Waals surface area (Å²) in [7, 11) is 0. The highest BCUT2D eigenvalue weighted by atomic mass is 19.1. The Balaban J connectivity index is 1.66. The van der Waals surface area contributed by atoms with Crippen LogP contribution in [0, 0.1) is 19.7 Å². The molecule has 2 amide bonds. The van der Waals surface area contributed by atoms with E-state index < -0.39 is 17.9 Å². The summed E-state index contributed by atoms with van der Waals surface area (Å²) in [5.74, 6) is -0.0255. The van der Waals surface area contributed by atoms with Gasteiger partial charge in [0.2, 0.25) is 0 Å². The first-order valence-electron chi connectivity index (χ1n) is 12.8. The van der Waals surface area contributed by atoms with E-state index in [4.69, 9.17) is 4.98 Å². The van der Waals surface area contributed by atoms with Crippen LogP contribution in [-0.2, 0) is 6.54 Å². The Morgan fingerprint density at radius 1 is 0.923 bits per heavy atom. The lowest BCUT2D eigenvalue weighted by atomic mass is 10.1. The third-order valence-electron chi connectivity index (χ3n) is 6.92. The number of halogens is 1. The Morgan fingerprint density at radius 3 is 2.41 bits per heavy atom. The number of rotatable bonds is 6. The Morgan fingerprint density at radius 2 is 1.67 bits per heavy atom. The molecule has 0 fully saturated rings. The van der Waals surface area contributed by atoms with Crippen molar-refractivity contribution in [3.8, 4) is 5.69 Å². The zero-order valence-corrected chi connectivity index (χ0v) is 22.1. The summed E-state index contributed by atoms with van der Waals surface area (Å²) >= 11 is 0. The van der Waals surface area contributed by atoms with Gasteiger partial charge in [-0.05, 0) is 79.9 Å². The van der Waals surface area contributed by atoms with Crippen LogP contribution in [0.1, 0.15) is 35.5 Å². The number of hydrogen-bond acceptors (Lipinski definition) is 3. The van der Waals surface area contributed by atoms with Gasteiger partial charge in [-0.2, -0.15) is 0 Å². The Labute approximate surface area is 226 Å². The second-order valence-corrected chi connectivity index (χ2v) is 9.63. The van der Waals surface area contributed by atoms with Gasteiger partial charge in [-0.3, -0.25) is 9.36 Å². The quantitative estimate of drug-likeness (QED) is 0.264. The minimum atomic E-state index is -0.627. The molecular formula is C32H29FN4O2. The normalized spacial score (nSPS) is 11.8. The van der Waals surface area contributed by atoms with Crippen LogP contribution < -0.4 is 10.9 Å². The molecule has 0 bridgehead atoms. The highest BCUT2D eigenvalue weighted by Crippen LogP contribution is 2.26. The molecule has 0 spiro atoms. The molecule has 1 atom stereocenters. The number of fused-ring (bicyclic) bond motifs is 1. The van der Waals surface area contributed by atoms with Gasteiger partial charge in [-0.25, -0.2) is 14.2 Å². The molecule has 196 valence electrons. The highest BCUT2D eigenvalue weighted by Gasteiger charge is 2.27. The Bertz CT molecular complexity index is 1720. The molecule has 1 heterocycles. The summed E-state index contributed by atoms with van der Waals surface area (Å²) in [5, 5.41) is 3.30. The van der Waals surface area contributed by atoms with Gasteiger partial charge in [0.25, 0.3) is 5.56 Å². The number of benzene rings is 4. The molecule has 6 nitrogen and oxygen atoms in total. The SMILES string of the molecule is Cc1ccc(-n2c(C(C)N(Cc3ccccc3)C(=O)Nc3cccc(F)c3)nc3ccccc3c2=O)cc1C. The average Bonchev–Trinajstić information content (AvgIpc) is 2.93. The predicted molar refractivity (Wildman–Crippen MR) is 153 cm³/mol. The van der Waals surface area contributed by atoms with Crippen molar-refractivity contribution in [1.29, 1.82) is 0 Å². The van der Waals surface area contributed by atoms with E-state index in [1.165, 1.54) is 18.2 Å². The summed E-state index contributed by atoms with van der Waals surface area (Å²) in [5.41, 5.74) is 4.40. The number of anilines is 1. The second-order valence-electron chi connectivity index (χ2n) is 9.63. The number of aromatic nitrogens is 2. The van der Waals surface area contributed by atoms with Gasteiger partial charge >= 0.3 is 6.03 Å². The van der Waals surface area contributed by atoms with E-state index in [2.05, 4.69) is 5.32 Å². The Kier molecular flexibility index (Phi) is 7.23. The summed E-state index contributed by atoms with van der Waals surface area (Å²) in [6.07, 6.45) is 0. The second kappa shape index (κ2) is 10.9. The van der Waals surface area contributed by atoms with Crippen molar-refractivity contribution in [2.75, 3.05) is 5.32 Å². The van der Waals surface area contributed by atoms with Gasteiger partial charge in [0.1, 0.15) is 11.6 Å². The molecule has 7 heteroatoms. The van der Waals surface area contributed by atoms with Crippen LogP contribution in [0.15, 0.2) is 102 Å². The smallest absolute Gasteiger partial charge is 0.310 e. The third-order valence-corrected chi connectivity index (χ3v) is 6.92. The molecule has 0 saturated heterocycles.